The number of phenols is 1. The van der Waals surface area contributed by atoms with Crippen molar-refractivity contribution in [2.75, 3.05) is 11.4 Å². The molecule has 160 valence electrons. The second-order valence-electron chi connectivity index (χ2n) is 6.63. The minimum atomic E-state index is -0.937. The average Bonchev–Trinajstić information content (AvgIpc) is 2.72. The maximum Gasteiger partial charge on any atom is 0.307 e. The van der Waals surface area contributed by atoms with Gasteiger partial charge in [0.15, 0.2) is 5.75 Å². The zero-order valence-corrected chi connectivity index (χ0v) is 19.7. The van der Waals surface area contributed by atoms with E-state index in [9.17, 15) is 14.7 Å². The standard InChI is InChI=1S/C23H19Br2NO5/c1-2-26(15-6-4-3-5-7-15)23(30)17-13-16(8-9-20(17)27)31-22-18(24)10-14(11-19(22)25)12-21(28)29/h3-11,13,27H,2,12H2,1H3,(H,28,29). The third-order valence-electron chi connectivity index (χ3n) is 4.46. The number of phenolic OH excluding ortho intramolecular Hbond substituents is 1. The SMILES string of the molecule is CCN(C(=O)c1cc(Oc2c(Br)cc(CC(=O)O)cc2Br)ccc1O)c1ccccc1. The van der Waals surface area contributed by atoms with Crippen LogP contribution in [0, 0.1) is 0 Å². The van der Waals surface area contributed by atoms with E-state index in [1.54, 1.807) is 23.1 Å². The van der Waals surface area contributed by atoms with E-state index < -0.39 is 5.97 Å². The van der Waals surface area contributed by atoms with Gasteiger partial charge in [-0.05, 0) is 86.8 Å². The second kappa shape index (κ2) is 9.98. The zero-order valence-electron chi connectivity index (χ0n) is 16.5. The molecule has 0 aromatic heterocycles. The Hall–Kier alpha value is -2.84. The molecule has 0 bridgehead atoms. The molecule has 2 N–H and O–H groups in total. The third kappa shape index (κ3) is 5.45. The van der Waals surface area contributed by atoms with Gasteiger partial charge in [0, 0.05) is 12.2 Å². The van der Waals surface area contributed by atoms with Crippen LogP contribution < -0.4 is 9.64 Å². The molecule has 0 heterocycles. The number of ether oxygens (including phenoxy) is 1. The van der Waals surface area contributed by atoms with E-state index in [1.165, 1.54) is 12.1 Å². The van der Waals surface area contributed by atoms with Crippen molar-refractivity contribution in [3.8, 4) is 17.2 Å². The lowest BCUT2D eigenvalue weighted by atomic mass is 10.1. The van der Waals surface area contributed by atoms with Crippen molar-refractivity contribution in [3.63, 3.8) is 0 Å². The van der Waals surface area contributed by atoms with Crippen molar-refractivity contribution >= 4 is 49.4 Å². The molecule has 0 atom stereocenters. The summed E-state index contributed by atoms with van der Waals surface area (Å²) >= 11 is 6.80. The number of carbonyl (C=O) groups excluding carboxylic acids is 1. The Morgan fingerprint density at radius 3 is 2.23 bits per heavy atom. The smallest absolute Gasteiger partial charge is 0.307 e. The molecule has 3 aromatic carbocycles. The predicted molar refractivity (Wildman–Crippen MR) is 125 cm³/mol. The van der Waals surface area contributed by atoms with Crippen molar-refractivity contribution in [1.29, 1.82) is 0 Å². The number of nitrogens with zero attached hydrogens (tertiary/aromatic N) is 1. The van der Waals surface area contributed by atoms with Crippen molar-refractivity contribution < 1.29 is 24.5 Å². The van der Waals surface area contributed by atoms with Crippen LogP contribution in [-0.4, -0.2) is 28.6 Å². The Bertz CT molecular complexity index is 1100. The van der Waals surface area contributed by atoms with E-state index >= 15 is 0 Å². The van der Waals surface area contributed by atoms with Crippen LogP contribution in [-0.2, 0) is 11.2 Å². The van der Waals surface area contributed by atoms with Crippen molar-refractivity contribution in [3.05, 3.63) is 80.7 Å². The lowest BCUT2D eigenvalue weighted by Crippen LogP contribution is -2.30. The van der Waals surface area contributed by atoms with Crippen LogP contribution in [0.3, 0.4) is 0 Å². The van der Waals surface area contributed by atoms with Gasteiger partial charge in [0.25, 0.3) is 5.91 Å². The summed E-state index contributed by atoms with van der Waals surface area (Å²) in [5.41, 5.74) is 1.43. The first-order valence-electron chi connectivity index (χ1n) is 9.37. The quantitative estimate of drug-likeness (QED) is 0.378. The Labute approximate surface area is 196 Å². The number of para-hydroxylation sites is 1. The number of carboxylic acids is 1. The van der Waals surface area contributed by atoms with Crippen LogP contribution in [0.15, 0.2) is 69.6 Å². The monoisotopic (exact) mass is 547 g/mol. The molecule has 0 aliphatic heterocycles. The van der Waals surface area contributed by atoms with E-state index in [0.717, 1.165) is 5.69 Å². The van der Waals surface area contributed by atoms with E-state index in [-0.39, 0.29) is 23.6 Å². The van der Waals surface area contributed by atoms with Gasteiger partial charge in [-0.2, -0.15) is 0 Å². The zero-order chi connectivity index (χ0) is 22.5. The van der Waals surface area contributed by atoms with Crippen molar-refractivity contribution in [2.45, 2.75) is 13.3 Å². The van der Waals surface area contributed by atoms with E-state index in [0.29, 0.717) is 32.6 Å². The summed E-state index contributed by atoms with van der Waals surface area (Å²) in [4.78, 5) is 25.6. The topological polar surface area (TPSA) is 87.1 Å². The molecule has 6 nitrogen and oxygen atoms in total. The lowest BCUT2D eigenvalue weighted by Gasteiger charge is -2.22. The summed E-state index contributed by atoms with van der Waals surface area (Å²) in [7, 11) is 0. The molecule has 0 unspecified atom stereocenters. The van der Waals surface area contributed by atoms with Gasteiger partial charge < -0.3 is 19.8 Å². The summed E-state index contributed by atoms with van der Waals surface area (Å²) in [5, 5.41) is 19.3. The minimum Gasteiger partial charge on any atom is -0.507 e. The highest BCUT2D eigenvalue weighted by molar-refractivity contribution is 9.11. The van der Waals surface area contributed by atoms with Gasteiger partial charge in [-0.25, -0.2) is 0 Å². The van der Waals surface area contributed by atoms with Gasteiger partial charge in [0.2, 0.25) is 0 Å². The summed E-state index contributed by atoms with van der Waals surface area (Å²) in [5.74, 6) is -0.674. The third-order valence-corrected chi connectivity index (χ3v) is 5.64. The minimum absolute atomic E-state index is 0.109. The van der Waals surface area contributed by atoms with Gasteiger partial charge in [0.1, 0.15) is 11.5 Å². The highest BCUT2D eigenvalue weighted by Crippen LogP contribution is 2.39. The number of carbonyl (C=O) groups is 2. The van der Waals surface area contributed by atoms with Gasteiger partial charge >= 0.3 is 5.97 Å². The maximum atomic E-state index is 13.1. The highest BCUT2D eigenvalue weighted by Gasteiger charge is 2.21. The molecular weight excluding hydrogens is 530 g/mol. The van der Waals surface area contributed by atoms with E-state index in [1.807, 2.05) is 37.3 Å². The van der Waals surface area contributed by atoms with Gasteiger partial charge in [-0.3, -0.25) is 9.59 Å². The fourth-order valence-corrected chi connectivity index (χ4v) is 4.49. The highest BCUT2D eigenvalue weighted by atomic mass is 79.9. The molecule has 0 spiro atoms. The van der Waals surface area contributed by atoms with Gasteiger partial charge in [0.05, 0.1) is 20.9 Å². The van der Waals surface area contributed by atoms with Gasteiger partial charge in [-0.1, -0.05) is 18.2 Å². The number of anilines is 1. The van der Waals surface area contributed by atoms with Crippen LogP contribution in [0.1, 0.15) is 22.8 Å². The number of halogens is 2. The van der Waals surface area contributed by atoms with Crippen LogP contribution in [0.25, 0.3) is 0 Å². The second-order valence-corrected chi connectivity index (χ2v) is 8.33. The van der Waals surface area contributed by atoms with Crippen LogP contribution in [0.2, 0.25) is 0 Å². The molecule has 3 aromatic rings. The molecule has 0 aliphatic carbocycles. The summed E-state index contributed by atoms with van der Waals surface area (Å²) in [6, 6.07) is 17.0. The molecule has 0 saturated carbocycles. The molecule has 8 heteroatoms. The Balaban J connectivity index is 1.91. The predicted octanol–water partition coefficient (Wildman–Crippen LogP) is 6.00. The maximum absolute atomic E-state index is 13.1. The number of hydrogen-bond acceptors (Lipinski definition) is 4. The normalized spacial score (nSPS) is 10.5. The molecule has 31 heavy (non-hydrogen) atoms. The molecule has 0 radical (unpaired) electrons. The molecule has 3 rings (SSSR count). The van der Waals surface area contributed by atoms with E-state index in [2.05, 4.69) is 31.9 Å². The number of benzene rings is 3. The molecular formula is C23H19Br2NO5. The molecule has 0 fully saturated rings. The largest absolute Gasteiger partial charge is 0.507 e. The number of amides is 1. The first-order valence-corrected chi connectivity index (χ1v) is 11.0. The lowest BCUT2D eigenvalue weighted by molar-refractivity contribution is -0.136. The first kappa shape index (κ1) is 22.8. The number of hydrogen-bond donors (Lipinski definition) is 2. The summed E-state index contributed by atoms with van der Waals surface area (Å²) in [6.45, 7) is 2.28. The van der Waals surface area contributed by atoms with Crippen LogP contribution in [0.4, 0.5) is 5.69 Å². The summed E-state index contributed by atoms with van der Waals surface area (Å²) in [6.07, 6.45) is -0.123. The molecule has 1 amide bonds. The Morgan fingerprint density at radius 2 is 1.65 bits per heavy atom. The van der Waals surface area contributed by atoms with Crippen LogP contribution >= 0.6 is 31.9 Å². The average molecular weight is 549 g/mol. The Morgan fingerprint density at radius 1 is 1.00 bits per heavy atom. The number of carboxylic acid groups (broad SMARTS) is 1. The van der Waals surface area contributed by atoms with Crippen molar-refractivity contribution in [1.82, 2.24) is 0 Å². The fourth-order valence-electron chi connectivity index (χ4n) is 3.05. The fraction of sp³-hybridized carbons (Fsp3) is 0.130. The Kier molecular flexibility index (Phi) is 7.35. The van der Waals surface area contributed by atoms with Crippen molar-refractivity contribution in [2.24, 2.45) is 0 Å². The van der Waals surface area contributed by atoms with Crippen LogP contribution in [0.5, 0.6) is 17.2 Å². The number of aromatic hydroxyl groups is 1. The number of rotatable bonds is 7. The number of aliphatic carboxylic acids is 1. The molecule has 0 saturated heterocycles. The molecule has 0 aliphatic rings. The van der Waals surface area contributed by atoms with Gasteiger partial charge in [-0.15, -0.1) is 0 Å². The summed E-state index contributed by atoms with van der Waals surface area (Å²) < 4.78 is 7.05. The first-order chi connectivity index (χ1) is 14.8. The van der Waals surface area contributed by atoms with E-state index in [4.69, 9.17) is 9.84 Å².